The van der Waals surface area contributed by atoms with Gasteiger partial charge in [0.25, 0.3) is 0 Å². The van der Waals surface area contributed by atoms with E-state index in [2.05, 4.69) is 325 Å². The fourth-order valence-electron chi connectivity index (χ4n) is 15.1. The van der Waals surface area contributed by atoms with Crippen LogP contribution in [0.25, 0.3) is 83.1 Å². The van der Waals surface area contributed by atoms with E-state index >= 15 is 0 Å². The molecule has 82 heavy (non-hydrogen) atoms. The lowest BCUT2D eigenvalue weighted by atomic mass is 9.65. The van der Waals surface area contributed by atoms with Crippen LogP contribution in [0.1, 0.15) is 44.5 Å². The summed E-state index contributed by atoms with van der Waals surface area (Å²) in [5.41, 5.74) is 28.1. The Balaban J connectivity index is 0.939. The third-order valence-corrected chi connectivity index (χ3v) is 18.3. The van der Waals surface area contributed by atoms with E-state index in [0.29, 0.717) is 0 Å². The number of hydrogen-bond donors (Lipinski definition) is 0. The van der Waals surface area contributed by atoms with Crippen LogP contribution in [0, 0.1) is 0 Å². The van der Waals surface area contributed by atoms with Crippen molar-refractivity contribution in [3.8, 4) is 61.3 Å². The van der Waals surface area contributed by atoms with Gasteiger partial charge in [0.2, 0.25) is 0 Å². The number of fused-ring (bicyclic) bond motifs is 15. The summed E-state index contributed by atoms with van der Waals surface area (Å²) in [6.45, 7) is 0. The summed E-state index contributed by atoms with van der Waals surface area (Å²) < 4.78 is 2.53. The molecule has 3 aliphatic rings. The Kier molecular flexibility index (Phi) is 10.2. The summed E-state index contributed by atoms with van der Waals surface area (Å²) >= 11 is 0. The lowest BCUT2D eigenvalue weighted by molar-refractivity contribution is 0.749. The highest BCUT2D eigenvalue weighted by atomic mass is 15.2. The summed E-state index contributed by atoms with van der Waals surface area (Å²) in [5.74, 6) is 0. The normalized spacial score (nSPS) is 14.7. The summed E-state index contributed by atoms with van der Waals surface area (Å²) in [5, 5.41) is 2.55. The molecule has 2 nitrogen and oxygen atoms in total. The summed E-state index contributed by atoms with van der Waals surface area (Å²) in [6.07, 6.45) is 0. The zero-order chi connectivity index (χ0) is 53.9. The molecule has 1 spiro atoms. The first-order chi connectivity index (χ1) is 40.7. The van der Waals surface area contributed by atoms with Crippen LogP contribution < -0.4 is 4.90 Å². The van der Waals surface area contributed by atoms with Crippen LogP contribution in [0.3, 0.4) is 0 Å². The van der Waals surface area contributed by atoms with Crippen LogP contribution in [-0.2, 0) is 10.8 Å². The van der Waals surface area contributed by atoms with E-state index in [4.69, 9.17) is 0 Å². The number of benzene rings is 13. The molecule has 382 valence electrons. The van der Waals surface area contributed by atoms with Crippen molar-refractivity contribution >= 4 is 38.9 Å². The van der Waals surface area contributed by atoms with Gasteiger partial charge in [-0.1, -0.05) is 279 Å². The maximum atomic E-state index is 2.59. The number of anilines is 3. The van der Waals surface area contributed by atoms with Crippen LogP contribution in [0.5, 0.6) is 0 Å². The number of rotatable bonds is 8. The van der Waals surface area contributed by atoms with Crippen LogP contribution in [0.15, 0.2) is 315 Å². The first kappa shape index (κ1) is 46.4. The molecular formula is C80H52N2. The van der Waals surface area contributed by atoms with Crippen molar-refractivity contribution in [1.82, 2.24) is 4.57 Å². The smallest absolute Gasteiger partial charge is 0.0754 e. The monoisotopic (exact) mass is 1040 g/mol. The molecule has 2 heterocycles. The molecule has 1 aliphatic heterocycles. The Morgan fingerprint density at radius 2 is 0.720 bits per heavy atom. The van der Waals surface area contributed by atoms with Gasteiger partial charge in [-0.2, -0.15) is 0 Å². The molecule has 0 saturated heterocycles. The van der Waals surface area contributed by atoms with Crippen LogP contribution >= 0.6 is 0 Å². The van der Waals surface area contributed by atoms with Crippen molar-refractivity contribution in [3.63, 3.8) is 0 Å². The van der Waals surface area contributed by atoms with Crippen molar-refractivity contribution in [2.75, 3.05) is 4.90 Å². The first-order valence-corrected chi connectivity index (χ1v) is 28.6. The predicted octanol–water partition coefficient (Wildman–Crippen LogP) is 20.3. The summed E-state index contributed by atoms with van der Waals surface area (Å²) in [6, 6.07) is 118. The maximum Gasteiger partial charge on any atom is 0.0754 e. The van der Waals surface area contributed by atoms with Gasteiger partial charge < -0.3 is 9.47 Å². The number of nitrogens with zero attached hydrogens (tertiary/aromatic N) is 2. The minimum Gasteiger partial charge on any atom is -0.309 e. The molecule has 2 aliphatic carbocycles. The highest BCUT2D eigenvalue weighted by Crippen LogP contribution is 2.63. The van der Waals surface area contributed by atoms with Gasteiger partial charge in [-0.05, 0) is 120 Å². The largest absolute Gasteiger partial charge is 0.309 e. The van der Waals surface area contributed by atoms with Crippen molar-refractivity contribution in [3.05, 3.63) is 360 Å². The van der Waals surface area contributed by atoms with Gasteiger partial charge in [-0.3, -0.25) is 0 Å². The topological polar surface area (TPSA) is 8.17 Å². The van der Waals surface area contributed by atoms with E-state index in [1.807, 2.05) is 0 Å². The van der Waals surface area contributed by atoms with E-state index in [0.717, 1.165) is 39.3 Å². The minimum atomic E-state index is -0.599. The molecule has 0 fully saturated rings. The standard InChI is InChI=1S/C80H52N2/c1-4-24-53(25-5-1)54-46-48-55(49-47-54)59-30-12-18-41-72(59)81(76-45-23-39-69-77(76)65-34-11-16-37-67(65)79(69,57-26-6-2-7-27-57)58-28-8-3-9-29-58)73-42-19-13-31-60(73)56-50-51-62-61-32-10-15-36-66(61)80(71(62)52-56)68-38-17-21-44-75(68)82-74-43-20-14-33-63(74)64-35-22-40-70(80)78(64)82/h1-52H. The molecule has 13 aromatic carbocycles. The van der Waals surface area contributed by atoms with E-state index < -0.39 is 10.8 Å². The zero-order valence-corrected chi connectivity index (χ0v) is 44.9. The Bertz CT molecular complexity index is 4820. The molecule has 17 rings (SSSR count). The molecule has 0 saturated carbocycles. The SMILES string of the molecule is c1ccc(-c2ccc(-c3ccccc3N(c3ccccc3-c3ccc4c(c3)C3(c5ccccc5-4)c4ccccc4-n4c5ccccc5c5cccc3c54)c3cccc4c3-c3ccccc3C4(c3ccccc3)c3ccccc3)cc2)cc1. The Labute approximate surface area is 477 Å². The lowest BCUT2D eigenvalue weighted by Crippen LogP contribution is -2.33. The second-order valence-corrected chi connectivity index (χ2v) is 22.2. The number of hydrogen-bond acceptors (Lipinski definition) is 1. The van der Waals surface area contributed by atoms with Gasteiger partial charge in [0.1, 0.15) is 0 Å². The van der Waals surface area contributed by atoms with Crippen molar-refractivity contribution in [1.29, 1.82) is 0 Å². The van der Waals surface area contributed by atoms with Crippen LogP contribution in [-0.4, -0.2) is 4.57 Å². The third kappa shape index (κ3) is 6.35. The molecule has 1 unspecified atom stereocenters. The highest BCUT2D eigenvalue weighted by molar-refractivity contribution is 6.13. The molecule has 0 radical (unpaired) electrons. The van der Waals surface area contributed by atoms with Gasteiger partial charge in [0, 0.05) is 27.5 Å². The number of aromatic nitrogens is 1. The third-order valence-electron chi connectivity index (χ3n) is 18.3. The molecule has 2 heteroatoms. The average molecular weight is 1040 g/mol. The molecule has 0 amide bonds. The molecule has 0 N–H and O–H groups in total. The molecule has 14 aromatic rings. The van der Waals surface area contributed by atoms with Gasteiger partial charge in [-0.25, -0.2) is 0 Å². The molecule has 0 bridgehead atoms. The second kappa shape index (κ2) is 18.0. The van der Waals surface area contributed by atoms with E-state index in [-0.39, 0.29) is 0 Å². The van der Waals surface area contributed by atoms with Crippen LogP contribution in [0.2, 0.25) is 0 Å². The maximum absolute atomic E-state index is 2.59. The zero-order valence-electron chi connectivity index (χ0n) is 44.9. The second-order valence-electron chi connectivity index (χ2n) is 22.2. The van der Waals surface area contributed by atoms with Crippen molar-refractivity contribution in [2.45, 2.75) is 10.8 Å². The molecule has 1 atom stereocenters. The molecular weight excluding hydrogens is 989 g/mol. The molecule has 1 aromatic heterocycles. The predicted molar refractivity (Wildman–Crippen MR) is 340 cm³/mol. The van der Waals surface area contributed by atoms with Gasteiger partial charge >= 0.3 is 0 Å². The first-order valence-electron chi connectivity index (χ1n) is 28.6. The van der Waals surface area contributed by atoms with E-state index in [1.165, 1.54) is 105 Å². The summed E-state index contributed by atoms with van der Waals surface area (Å²) in [4.78, 5) is 2.59. The van der Waals surface area contributed by atoms with Crippen LogP contribution in [0.4, 0.5) is 17.1 Å². The van der Waals surface area contributed by atoms with Gasteiger partial charge in [0.15, 0.2) is 0 Å². The number of para-hydroxylation sites is 5. The van der Waals surface area contributed by atoms with Crippen molar-refractivity contribution in [2.24, 2.45) is 0 Å². The van der Waals surface area contributed by atoms with Gasteiger partial charge in [-0.15, -0.1) is 0 Å². The summed E-state index contributed by atoms with van der Waals surface area (Å²) in [7, 11) is 0. The Morgan fingerprint density at radius 3 is 1.44 bits per heavy atom. The fraction of sp³-hybridized carbons (Fsp3) is 0.0250. The quantitative estimate of drug-likeness (QED) is 0.147. The van der Waals surface area contributed by atoms with Gasteiger partial charge in [0.05, 0.1) is 44.6 Å². The average Bonchev–Trinajstić information content (AvgIpc) is 3.53. The Morgan fingerprint density at radius 1 is 0.256 bits per heavy atom. The van der Waals surface area contributed by atoms with E-state index in [9.17, 15) is 0 Å². The fourth-order valence-corrected chi connectivity index (χ4v) is 15.1. The highest BCUT2D eigenvalue weighted by Gasteiger charge is 2.51. The Hall–Kier alpha value is -10.5. The van der Waals surface area contributed by atoms with Crippen molar-refractivity contribution < 1.29 is 0 Å². The van der Waals surface area contributed by atoms with E-state index in [1.54, 1.807) is 0 Å². The lowest BCUT2D eigenvalue weighted by Gasteiger charge is -2.39. The minimum absolute atomic E-state index is 0.587.